The van der Waals surface area contributed by atoms with E-state index in [9.17, 15) is 0 Å². The fourth-order valence-corrected chi connectivity index (χ4v) is 9.08. The van der Waals surface area contributed by atoms with Crippen molar-refractivity contribution in [3.63, 3.8) is 0 Å². The maximum atomic E-state index is 9.09. The molecule has 0 aliphatic heterocycles. The lowest BCUT2D eigenvalue weighted by atomic mass is 9.82. The molecule has 0 saturated carbocycles. The summed E-state index contributed by atoms with van der Waals surface area (Å²) < 4.78 is 0. The van der Waals surface area contributed by atoms with Crippen LogP contribution < -0.4 is 0 Å². The molecular weight excluding hydrogens is 713 g/mol. The Kier molecular flexibility index (Phi) is 9.03. The maximum absolute atomic E-state index is 9.09. The molecule has 1 N–H and O–H groups in total. The summed E-state index contributed by atoms with van der Waals surface area (Å²) in [5.41, 5.74) is 16.1. The van der Waals surface area contributed by atoms with Crippen molar-refractivity contribution in [2.45, 2.75) is 19.3 Å². The van der Waals surface area contributed by atoms with Gasteiger partial charge in [-0.15, -0.1) is 0 Å². The lowest BCUT2D eigenvalue weighted by molar-refractivity contribution is 0.660. The summed E-state index contributed by atoms with van der Waals surface area (Å²) in [4.78, 5) is 5.03. The smallest absolute Gasteiger partial charge is 0.152 e. The fraction of sp³-hybridized carbons (Fsp3) is 0.0526. The highest BCUT2D eigenvalue weighted by Crippen LogP contribution is 2.52. The van der Waals surface area contributed by atoms with Crippen LogP contribution in [0.25, 0.3) is 72.1 Å². The van der Waals surface area contributed by atoms with E-state index in [1.807, 2.05) is 30.3 Å². The molecule has 1 aliphatic carbocycles. The van der Waals surface area contributed by atoms with E-state index in [-0.39, 0.29) is 11.3 Å². The maximum Gasteiger partial charge on any atom is 0.152 e. The van der Waals surface area contributed by atoms with Gasteiger partial charge in [0.1, 0.15) is 0 Å². The van der Waals surface area contributed by atoms with Crippen molar-refractivity contribution in [3.8, 4) is 44.5 Å². The molecule has 59 heavy (non-hydrogen) atoms. The van der Waals surface area contributed by atoms with E-state index in [0.29, 0.717) is 0 Å². The summed E-state index contributed by atoms with van der Waals surface area (Å²) in [6.45, 7) is 4.67. The third-order valence-electron chi connectivity index (χ3n) is 12.1. The van der Waals surface area contributed by atoms with Gasteiger partial charge in [-0.2, -0.15) is 0 Å². The lowest BCUT2D eigenvalue weighted by Crippen LogP contribution is -2.14. The second kappa shape index (κ2) is 14.8. The Bertz CT molecular complexity index is 3120. The van der Waals surface area contributed by atoms with Crippen LogP contribution in [-0.2, 0) is 5.41 Å². The molecule has 1 aliphatic rings. The van der Waals surface area contributed by atoms with Crippen molar-refractivity contribution in [1.82, 2.24) is 0 Å². The number of fused-ring (bicyclic) bond motifs is 5. The van der Waals surface area contributed by atoms with E-state index < -0.39 is 0 Å². The quantitative estimate of drug-likeness (QED) is 0.124. The average molecular weight is 755 g/mol. The molecule has 0 atom stereocenters. The van der Waals surface area contributed by atoms with E-state index in [0.717, 1.165) is 38.9 Å². The van der Waals surface area contributed by atoms with E-state index >= 15 is 0 Å². The van der Waals surface area contributed by atoms with E-state index in [2.05, 4.69) is 196 Å². The van der Waals surface area contributed by atoms with Gasteiger partial charge >= 0.3 is 0 Å². The summed E-state index contributed by atoms with van der Waals surface area (Å²) in [6, 6.07) is 70.9. The molecule has 0 fully saturated rings. The first-order chi connectivity index (χ1) is 29.0. The number of aliphatic imine (C=N–C) groups is 1. The highest BCUT2D eigenvalue weighted by atomic mass is 14.8. The SMILES string of the molecule is CC1(C)c2ccccc2-c2c(-c3ccc(-c4ccc(/C=C/C(=NC(=N)c5ccccc5)c5ccccc5-c5cccc6ccccc56)c5ccccc45)cc3)cccc21. The molecular formula is C57H42N2. The van der Waals surface area contributed by atoms with Crippen LogP contribution in [0.1, 0.15) is 41.7 Å². The minimum atomic E-state index is -0.0343. The largest absolute Gasteiger partial charge is 0.282 e. The molecule has 0 saturated heterocycles. The number of nitrogens with one attached hydrogen (secondary N) is 1. The Morgan fingerprint density at radius 3 is 1.85 bits per heavy atom. The molecule has 0 amide bonds. The molecule has 9 aromatic rings. The molecule has 10 rings (SSSR count). The molecule has 9 aromatic carbocycles. The van der Waals surface area contributed by atoms with Gasteiger partial charge in [0, 0.05) is 16.5 Å². The minimum Gasteiger partial charge on any atom is -0.282 e. The summed E-state index contributed by atoms with van der Waals surface area (Å²) in [5, 5.41) is 13.8. The molecule has 0 radical (unpaired) electrons. The van der Waals surface area contributed by atoms with Crippen LogP contribution in [0, 0.1) is 5.41 Å². The lowest BCUT2D eigenvalue weighted by Gasteiger charge is -2.21. The molecule has 0 heterocycles. The third kappa shape index (κ3) is 6.40. The van der Waals surface area contributed by atoms with Gasteiger partial charge in [0.05, 0.1) is 5.71 Å². The van der Waals surface area contributed by atoms with Gasteiger partial charge < -0.3 is 0 Å². The molecule has 2 heteroatoms. The van der Waals surface area contributed by atoms with Crippen LogP contribution in [0.2, 0.25) is 0 Å². The van der Waals surface area contributed by atoms with Gasteiger partial charge in [0.2, 0.25) is 0 Å². The number of hydrogen-bond donors (Lipinski definition) is 1. The van der Waals surface area contributed by atoms with Gasteiger partial charge in [-0.25, -0.2) is 4.99 Å². The molecule has 280 valence electrons. The van der Waals surface area contributed by atoms with Gasteiger partial charge in [-0.3, -0.25) is 5.41 Å². The van der Waals surface area contributed by atoms with E-state index in [1.54, 1.807) is 0 Å². The van der Waals surface area contributed by atoms with Crippen molar-refractivity contribution < 1.29 is 0 Å². The number of hydrogen-bond acceptors (Lipinski definition) is 1. The molecule has 0 unspecified atom stereocenters. The topological polar surface area (TPSA) is 36.2 Å². The van der Waals surface area contributed by atoms with Crippen molar-refractivity contribution >= 4 is 39.2 Å². The van der Waals surface area contributed by atoms with E-state index in [1.165, 1.54) is 60.7 Å². The Balaban J connectivity index is 1.04. The van der Waals surface area contributed by atoms with Crippen LogP contribution in [-0.4, -0.2) is 11.5 Å². The van der Waals surface area contributed by atoms with Crippen molar-refractivity contribution in [3.05, 3.63) is 234 Å². The van der Waals surface area contributed by atoms with Crippen molar-refractivity contribution in [2.24, 2.45) is 4.99 Å². The van der Waals surface area contributed by atoms with Gasteiger partial charge in [0.15, 0.2) is 5.84 Å². The molecule has 0 aromatic heterocycles. The molecule has 0 bridgehead atoms. The Hall–Kier alpha value is -7.42. The van der Waals surface area contributed by atoms with Crippen LogP contribution in [0.4, 0.5) is 0 Å². The molecule has 2 nitrogen and oxygen atoms in total. The van der Waals surface area contributed by atoms with Gasteiger partial charge in [0.25, 0.3) is 0 Å². The normalized spacial score (nSPS) is 13.2. The Labute approximate surface area is 346 Å². The first-order valence-corrected chi connectivity index (χ1v) is 20.3. The fourth-order valence-electron chi connectivity index (χ4n) is 9.08. The monoisotopic (exact) mass is 754 g/mol. The van der Waals surface area contributed by atoms with Crippen molar-refractivity contribution in [1.29, 1.82) is 5.41 Å². The van der Waals surface area contributed by atoms with Crippen LogP contribution >= 0.6 is 0 Å². The highest BCUT2D eigenvalue weighted by Gasteiger charge is 2.36. The zero-order valence-electron chi connectivity index (χ0n) is 33.2. The predicted molar refractivity (Wildman–Crippen MR) is 251 cm³/mol. The highest BCUT2D eigenvalue weighted by molar-refractivity contribution is 6.21. The average Bonchev–Trinajstić information content (AvgIpc) is 3.53. The summed E-state index contributed by atoms with van der Waals surface area (Å²) >= 11 is 0. The van der Waals surface area contributed by atoms with E-state index in [4.69, 9.17) is 10.4 Å². The first-order valence-electron chi connectivity index (χ1n) is 20.3. The van der Waals surface area contributed by atoms with Crippen LogP contribution in [0.3, 0.4) is 0 Å². The van der Waals surface area contributed by atoms with Crippen LogP contribution in [0.15, 0.2) is 211 Å². The zero-order chi connectivity index (χ0) is 39.9. The standard InChI is InChI=1S/C57H42N2/c1-57(2)52-28-13-12-25-51(52)55-46(26-15-29-53(55)57)41-32-30-39(31-33-41)45-36-34-40(44-21-8-9-22-47(44)45)35-37-54(59-56(58)42-17-4-3-5-18-42)50-24-11-10-23-49(50)48-27-14-19-38-16-6-7-20-43(38)48/h3-37,58H,1-2H3/b37-35+,58-56?,59-54?. The Morgan fingerprint density at radius 1 is 0.458 bits per heavy atom. The second-order valence-electron chi connectivity index (χ2n) is 15.8. The van der Waals surface area contributed by atoms with Crippen LogP contribution in [0.5, 0.6) is 0 Å². The first kappa shape index (κ1) is 36.0. The number of benzene rings is 9. The summed E-state index contributed by atoms with van der Waals surface area (Å²) in [6.07, 6.45) is 4.23. The van der Waals surface area contributed by atoms with Gasteiger partial charge in [-0.1, -0.05) is 220 Å². The third-order valence-corrected chi connectivity index (χ3v) is 12.1. The summed E-state index contributed by atoms with van der Waals surface area (Å²) in [5.74, 6) is 0.218. The number of rotatable bonds is 7. The Morgan fingerprint density at radius 2 is 1.03 bits per heavy atom. The minimum absolute atomic E-state index is 0.0343. The van der Waals surface area contributed by atoms with Crippen molar-refractivity contribution in [2.75, 3.05) is 0 Å². The molecule has 0 spiro atoms. The number of allylic oxidation sites excluding steroid dienone is 1. The summed E-state index contributed by atoms with van der Waals surface area (Å²) in [7, 11) is 0. The predicted octanol–water partition coefficient (Wildman–Crippen LogP) is 14.8. The second-order valence-corrected chi connectivity index (χ2v) is 15.8. The van der Waals surface area contributed by atoms with Gasteiger partial charge in [-0.05, 0) is 88.8 Å². The number of amidine groups is 1. The zero-order valence-corrected chi connectivity index (χ0v) is 33.2. The number of nitrogens with zero attached hydrogens (tertiary/aromatic N) is 1.